The molecule has 3 aliphatic heterocycles. The first-order chi connectivity index (χ1) is 19.6. The number of rotatable bonds is 7. The highest BCUT2D eigenvalue weighted by Crippen LogP contribution is 2.32. The minimum atomic E-state index is -0.423. The fraction of sp³-hybridized carbons (Fsp3) is 0.226. The molecule has 3 aromatic carbocycles. The third kappa shape index (κ3) is 5.37. The minimum absolute atomic E-state index is 0.133. The van der Waals surface area contributed by atoms with E-state index in [1.54, 1.807) is 0 Å². The van der Waals surface area contributed by atoms with Crippen molar-refractivity contribution >= 4 is 23.4 Å². The highest BCUT2D eigenvalue weighted by molar-refractivity contribution is 8.00. The summed E-state index contributed by atoms with van der Waals surface area (Å²) in [7, 11) is 0. The van der Waals surface area contributed by atoms with E-state index in [0.717, 1.165) is 43.7 Å². The third-order valence-corrected chi connectivity index (χ3v) is 8.01. The standard InChI is InChI=1S/C31H29N5O3S/c1-21(29(37)32-22-16-18-25(19-17-22)39-24-13-7-3-8-14-24)40-31-33-28-27(26-15-9-4-10-20-35(26)31)30(38)36(34-28)23-11-5-2-6-12-23/h2-3,5-8,11-14,16-19,21H,4,9-10,15,20H2,1H3,(H,32,37). The smallest absolute Gasteiger partial charge is 0.284 e. The summed E-state index contributed by atoms with van der Waals surface area (Å²) in [4.78, 5) is 31.4. The highest BCUT2D eigenvalue weighted by Gasteiger charge is 2.28. The fourth-order valence-electron chi connectivity index (χ4n) is 4.87. The molecule has 6 rings (SSSR count). The normalized spacial score (nSPS) is 13.8. The van der Waals surface area contributed by atoms with Crippen molar-refractivity contribution in [1.29, 1.82) is 0 Å². The van der Waals surface area contributed by atoms with Gasteiger partial charge in [0.2, 0.25) is 5.91 Å². The molecule has 1 atom stereocenters. The van der Waals surface area contributed by atoms with Crippen LogP contribution >= 0.6 is 11.8 Å². The molecule has 0 spiro atoms. The van der Waals surface area contributed by atoms with Gasteiger partial charge in [-0.2, -0.15) is 4.68 Å². The summed E-state index contributed by atoms with van der Waals surface area (Å²) in [6.07, 6.45) is 3.85. The molecule has 0 bridgehead atoms. The average molecular weight is 552 g/mol. The second-order valence-corrected chi connectivity index (χ2v) is 11.1. The van der Waals surface area contributed by atoms with Gasteiger partial charge in [-0.05, 0) is 74.7 Å². The summed E-state index contributed by atoms with van der Waals surface area (Å²) < 4.78 is 9.40. The van der Waals surface area contributed by atoms with Gasteiger partial charge in [0.15, 0.2) is 11.0 Å². The summed E-state index contributed by atoms with van der Waals surface area (Å²) in [5.74, 6) is 1.73. The predicted octanol–water partition coefficient (Wildman–Crippen LogP) is 6.17. The highest BCUT2D eigenvalue weighted by atomic mass is 32.2. The second-order valence-electron chi connectivity index (χ2n) is 9.74. The largest absolute Gasteiger partial charge is 0.457 e. The van der Waals surface area contributed by atoms with Crippen molar-refractivity contribution in [1.82, 2.24) is 19.3 Å². The zero-order valence-corrected chi connectivity index (χ0v) is 22.9. The first-order valence-corrected chi connectivity index (χ1v) is 14.3. The van der Waals surface area contributed by atoms with Crippen molar-refractivity contribution in [2.24, 2.45) is 0 Å². The molecule has 0 radical (unpaired) electrons. The Labute approximate surface area is 236 Å². The number of hydrogen-bond acceptors (Lipinski definition) is 6. The maximum absolute atomic E-state index is 13.5. The molecule has 0 aromatic heterocycles. The Morgan fingerprint density at radius 2 is 1.62 bits per heavy atom. The molecule has 202 valence electrons. The summed E-state index contributed by atoms with van der Waals surface area (Å²) in [6, 6.07) is 26.3. The van der Waals surface area contributed by atoms with Crippen molar-refractivity contribution in [2.45, 2.75) is 49.6 Å². The average Bonchev–Trinajstić information content (AvgIpc) is 3.13. The van der Waals surface area contributed by atoms with Crippen LogP contribution < -0.4 is 15.6 Å². The molecule has 8 nitrogen and oxygen atoms in total. The molecule has 0 fully saturated rings. The number of carbonyl (C=O) groups is 1. The van der Waals surface area contributed by atoms with Gasteiger partial charge in [-0.3, -0.25) is 9.59 Å². The van der Waals surface area contributed by atoms with Gasteiger partial charge in [0.25, 0.3) is 5.56 Å². The van der Waals surface area contributed by atoms with E-state index in [0.29, 0.717) is 33.7 Å². The lowest BCUT2D eigenvalue weighted by atomic mass is 10.1. The second kappa shape index (κ2) is 11.4. The molecule has 1 amide bonds. The molecular formula is C31H29N5O3S. The molecule has 3 heterocycles. The fourth-order valence-corrected chi connectivity index (χ4v) is 5.82. The number of thioether (sulfide) groups is 1. The monoisotopic (exact) mass is 551 g/mol. The number of anilines is 1. The van der Waals surface area contributed by atoms with Gasteiger partial charge in [-0.15, -0.1) is 5.10 Å². The van der Waals surface area contributed by atoms with Crippen molar-refractivity contribution in [3.63, 3.8) is 0 Å². The first kappa shape index (κ1) is 25.9. The molecular weight excluding hydrogens is 522 g/mol. The number of amides is 1. The Bertz CT molecular complexity index is 1650. The van der Waals surface area contributed by atoms with Crippen LogP contribution in [0.15, 0.2) is 94.9 Å². The predicted molar refractivity (Wildman–Crippen MR) is 157 cm³/mol. The van der Waals surface area contributed by atoms with Crippen LogP contribution in [0, 0.1) is 0 Å². The molecule has 3 aromatic rings. The van der Waals surface area contributed by atoms with Crippen molar-refractivity contribution in [3.05, 3.63) is 101 Å². The van der Waals surface area contributed by atoms with Crippen LogP contribution in [0.3, 0.4) is 0 Å². The summed E-state index contributed by atoms with van der Waals surface area (Å²) in [5.41, 5.74) is 2.77. The van der Waals surface area contributed by atoms with Gasteiger partial charge >= 0.3 is 0 Å². The number of fused-ring (bicyclic) bond motifs is 3. The van der Waals surface area contributed by atoms with Gasteiger partial charge in [0, 0.05) is 17.9 Å². The van der Waals surface area contributed by atoms with Crippen LogP contribution in [0.25, 0.3) is 17.1 Å². The number of hydrogen-bond donors (Lipinski definition) is 1. The van der Waals surface area contributed by atoms with E-state index in [4.69, 9.17) is 9.72 Å². The van der Waals surface area contributed by atoms with Gasteiger partial charge in [-0.1, -0.05) is 54.6 Å². The Morgan fingerprint density at radius 1 is 0.925 bits per heavy atom. The van der Waals surface area contributed by atoms with Gasteiger partial charge in [0.05, 0.1) is 10.9 Å². The lowest BCUT2D eigenvalue weighted by molar-refractivity contribution is -0.115. The third-order valence-electron chi connectivity index (χ3n) is 6.92. The van der Waals surface area contributed by atoms with E-state index in [-0.39, 0.29) is 11.5 Å². The molecule has 1 unspecified atom stereocenters. The summed E-state index contributed by atoms with van der Waals surface area (Å²) in [5, 5.41) is 7.87. The number of para-hydroxylation sites is 2. The Kier molecular flexibility index (Phi) is 7.37. The minimum Gasteiger partial charge on any atom is -0.457 e. The summed E-state index contributed by atoms with van der Waals surface area (Å²) >= 11 is 1.39. The summed E-state index contributed by atoms with van der Waals surface area (Å²) in [6.45, 7) is 2.62. The quantitative estimate of drug-likeness (QED) is 0.192. The zero-order valence-electron chi connectivity index (χ0n) is 22.1. The van der Waals surface area contributed by atoms with Crippen molar-refractivity contribution < 1.29 is 9.53 Å². The lowest BCUT2D eigenvalue weighted by Gasteiger charge is -2.19. The Hall–Kier alpha value is -4.37. The molecule has 0 saturated carbocycles. The van der Waals surface area contributed by atoms with E-state index in [9.17, 15) is 9.59 Å². The number of carbonyl (C=O) groups excluding carboxylic acids is 1. The van der Waals surface area contributed by atoms with Gasteiger partial charge in [0.1, 0.15) is 17.1 Å². The molecule has 9 heteroatoms. The van der Waals surface area contributed by atoms with E-state index >= 15 is 0 Å². The Balaban J connectivity index is 1.23. The molecule has 1 N–H and O–H groups in total. The van der Waals surface area contributed by atoms with E-state index in [1.807, 2.05) is 91.9 Å². The van der Waals surface area contributed by atoms with E-state index < -0.39 is 5.25 Å². The van der Waals surface area contributed by atoms with Crippen LogP contribution in [0.5, 0.6) is 11.5 Å². The van der Waals surface area contributed by atoms with Crippen LogP contribution in [0.2, 0.25) is 0 Å². The SMILES string of the molecule is CC(Sc1nc2nn(-c3ccccc3)c(=O)c-2c2n1CCCCC2)C(=O)Nc1ccc(Oc2ccccc2)cc1. The van der Waals surface area contributed by atoms with Gasteiger partial charge < -0.3 is 14.6 Å². The van der Waals surface area contributed by atoms with E-state index in [1.165, 1.54) is 16.4 Å². The number of nitrogens with one attached hydrogen (secondary N) is 1. The molecule has 3 aliphatic rings. The first-order valence-electron chi connectivity index (χ1n) is 13.5. The number of ether oxygens (including phenoxy) is 1. The zero-order chi connectivity index (χ0) is 27.5. The van der Waals surface area contributed by atoms with Crippen LogP contribution in [-0.2, 0) is 17.8 Å². The topological polar surface area (TPSA) is 91.0 Å². The van der Waals surface area contributed by atoms with E-state index in [2.05, 4.69) is 15.0 Å². The molecule has 0 aliphatic carbocycles. The van der Waals surface area contributed by atoms with Crippen LogP contribution in [0.1, 0.15) is 31.9 Å². The number of benzene rings is 3. The molecule has 0 saturated heterocycles. The Morgan fingerprint density at radius 3 is 2.38 bits per heavy atom. The maximum atomic E-state index is 13.5. The van der Waals surface area contributed by atoms with Crippen molar-refractivity contribution in [3.8, 4) is 28.6 Å². The van der Waals surface area contributed by atoms with Crippen LogP contribution in [-0.4, -0.2) is 30.5 Å². The number of aromatic nitrogens is 4. The van der Waals surface area contributed by atoms with Gasteiger partial charge in [-0.25, -0.2) is 4.98 Å². The molecule has 40 heavy (non-hydrogen) atoms. The number of nitrogens with zero attached hydrogens (tertiary/aromatic N) is 4. The maximum Gasteiger partial charge on any atom is 0.284 e. The van der Waals surface area contributed by atoms with Crippen molar-refractivity contribution in [2.75, 3.05) is 5.32 Å². The van der Waals surface area contributed by atoms with Crippen LogP contribution in [0.4, 0.5) is 5.69 Å². The lowest BCUT2D eigenvalue weighted by Crippen LogP contribution is -2.24.